The fourth-order valence-corrected chi connectivity index (χ4v) is 2.62. The van der Waals surface area contributed by atoms with Crippen LogP contribution < -0.4 is 5.32 Å². The quantitative estimate of drug-likeness (QED) is 0.876. The third kappa shape index (κ3) is 2.40. The Balaban J connectivity index is 2.24. The minimum atomic E-state index is -0.210. The molecule has 2 nitrogen and oxygen atoms in total. The Bertz CT molecular complexity index is 470. The first-order valence-corrected chi connectivity index (χ1v) is 6.49. The molecular weight excluding hydrogens is 229 g/mol. The first-order chi connectivity index (χ1) is 8.43. The topological polar surface area (TPSA) is 29.1 Å². The molecule has 1 aromatic carbocycles. The average Bonchev–Trinajstić information content (AvgIpc) is 2.67. The van der Waals surface area contributed by atoms with Gasteiger partial charge in [-0.1, -0.05) is 26.0 Å². The minimum Gasteiger partial charge on any atom is -0.350 e. The molecule has 3 heteroatoms. The molecule has 0 saturated carbocycles. The van der Waals surface area contributed by atoms with Gasteiger partial charge in [0.1, 0.15) is 5.82 Å². The predicted molar refractivity (Wildman–Crippen MR) is 69.8 cm³/mol. The maximum absolute atomic E-state index is 13.6. The fourth-order valence-electron chi connectivity index (χ4n) is 2.62. The summed E-state index contributed by atoms with van der Waals surface area (Å²) in [5, 5.41) is 3.09. The Kier molecular flexibility index (Phi) is 3.42. The summed E-state index contributed by atoms with van der Waals surface area (Å²) < 4.78 is 13.6. The van der Waals surface area contributed by atoms with E-state index in [1.807, 2.05) is 6.07 Å². The van der Waals surface area contributed by atoms with Crippen LogP contribution in [0.1, 0.15) is 37.8 Å². The smallest absolute Gasteiger partial charge is 0.220 e. The van der Waals surface area contributed by atoms with Crippen molar-refractivity contribution in [3.8, 4) is 0 Å². The number of aryl methyl sites for hydroxylation is 1. The fraction of sp³-hybridized carbons (Fsp3) is 0.533. The normalized spacial score (nSPS) is 23.5. The third-order valence-electron chi connectivity index (χ3n) is 4.05. The number of benzene rings is 1. The highest BCUT2D eigenvalue weighted by molar-refractivity contribution is 5.79. The molecule has 0 aromatic heterocycles. The second-order valence-corrected chi connectivity index (χ2v) is 5.62. The van der Waals surface area contributed by atoms with Crippen LogP contribution in [0.4, 0.5) is 4.39 Å². The summed E-state index contributed by atoms with van der Waals surface area (Å²) in [6.07, 6.45) is 2.11. The zero-order chi connectivity index (χ0) is 13.3. The lowest BCUT2D eigenvalue weighted by Gasteiger charge is -2.33. The van der Waals surface area contributed by atoms with E-state index < -0.39 is 0 Å². The van der Waals surface area contributed by atoms with Crippen molar-refractivity contribution in [2.75, 3.05) is 0 Å². The highest BCUT2D eigenvalue weighted by Crippen LogP contribution is 2.32. The van der Waals surface area contributed by atoms with Crippen LogP contribution in [0.25, 0.3) is 0 Å². The van der Waals surface area contributed by atoms with Crippen LogP contribution >= 0.6 is 0 Å². The van der Waals surface area contributed by atoms with Crippen LogP contribution in [-0.2, 0) is 11.2 Å². The molecule has 2 rings (SSSR count). The van der Waals surface area contributed by atoms with Crippen molar-refractivity contribution >= 4 is 5.91 Å². The molecule has 1 heterocycles. The summed E-state index contributed by atoms with van der Waals surface area (Å²) in [4.78, 5) is 11.5. The molecule has 1 aliphatic rings. The number of carbonyl (C=O) groups is 1. The van der Waals surface area contributed by atoms with Gasteiger partial charge >= 0.3 is 0 Å². The standard InChI is InChI=1S/C15H20FNO/c1-10(2)15(7-6-14(18)17-15)9-12-5-4-11(3)13(16)8-12/h4-5,8,10H,6-7,9H2,1-3H3,(H,17,18). The maximum atomic E-state index is 13.6. The van der Waals surface area contributed by atoms with Gasteiger partial charge in [-0.2, -0.15) is 0 Å². The van der Waals surface area contributed by atoms with Gasteiger partial charge in [0.05, 0.1) is 0 Å². The second-order valence-electron chi connectivity index (χ2n) is 5.62. The summed E-state index contributed by atoms with van der Waals surface area (Å²) in [6, 6.07) is 5.34. The molecule has 0 radical (unpaired) electrons. The Hall–Kier alpha value is -1.38. The molecule has 98 valence electrons. The minimum absolute atomic E-state index is 0.108. The van der Waals surface area contributed by atoms with Crippen molar-refractivity contribution in [2.24, 2.45) is 5.92 Å². The zero-order valence-corrected chi connectivity index (χ0v) is 11.2. The van der Waals surface area contributed by atoms with E-state index in [0.29, 0.717) is 24.3 Å². The van der Waals surface area contributed by atoms with Crippen molar-refractivity contribution in [3.05, 3.63) is 35.1 Å². The summed E-state index contributed by atoms with van der Waals surface area (Å²) in [7, 11) is 0. The lowest BCUT2D eigenvalue weighted by atomic mass is 9.79. The highest BCUT2D eigenvalue weighted by atomic mass is 19.1. The molecule has 1 N–H and O–H groups in total. The van der Waals surface area contributed by atoms with Gasteiger partial charge in [-0.15, -0.1) is 0 Å². The van der Waals surface area contributed by atoms with E-state index >= 15 is 0 Å². The molecule has 1 atom stereocenters. The highest BCUT2D eigenvalue weighted by Gasteiger charge is 2.40. The number of halogens is 1. The van der Waals surface area contributed by atoms with Crippen LogP contribution in [0.5, 0.6) is 0 Å². The van der Waals surface area contributed by atoms with Gasteiger partial charge in [0.2, 0.25) is 5.91 Å². The summed E-state index contributed by atoms with van der Waals surface area (Å²) >= 11 is 0. The number of rotatable bonds is 3. The van der Waals surface area contributed by atoms with E-state index in [9.17, 15) is 9.18 Å². The van der Waals surface area contributed by atoms with Crippen molar-refractivity contribution in [2.45, 2.75) is 45.6 Å². The molecule has 1 aromatic rings. The number of hydrogen-bond donors (Lipinski definition) is 1. The van der Waals surface area contributed by atoms with Gasteiger partial charge < -0.3 is 5.32 Å². The second kappa shape index (κ2) is 4.71. The van der Waals surface area contributed by atoms with Gasteiger partial charge in [-0.25, -0.2) is 4.39 Å². The van der Waals surface area contributed by atoms with Gasteiger partial charge in [0.25, 0.3) is 0 Å². The number of amides is 1. The SMILES string of the molecule is Cc1ccc(CC2(C(C)C)CCC(=O)N2)cc1F. The molecule has 18 heavy (non-hydrogen) atoms. The maximum Gasteiger partial charge on any atom is 0.220 e. The monoisotopic (exact) mass is 249 g/mol. The molecular formula is C15H20FNO. The molecule has 1 fully saturated rings. The first-order valence-electron chi connectivity index (χ1n) is 6.49. The summed E-state index contributed by atoms with van der Waals surface area (Å²) in [6.45, 7) is 5.97. The van der Waals surface area contributed by atoms with E-state index in [1.165, 1.54) is 0 Å². The lowest BCUT2D eigenvalue weighted by Crippen LogP contribution is -2.48. The largest absolute Gasteiger partial charge is 0.350 e. The Labute approximate surface area is 108 Å². The van der Waals surface area contributed by atoms with E-state index in [1.54, 1.807) is 19.1 Å². The number of hydrogen-bond acceptors (Lipinski definition) is 1. The summed E-state index contributed by atoms with van der Waals surface area (Å²) in [5.41, 5.74) is 1.40. The third-order valence-corrected chi connectivity index (χ3v) is 4.05. The van der Waals surface area contributed by atoms with E-state index in [-0.39, 0.29) is 17.3 Å². The van der Waals surface area contributed by atoms with Gasteiger partial charge in [-0.05, 0) is 42.9 Å². The number of nitrogens with one attached hydrogen (secondary N) is 1. The van der Waals surface area contributed by atoms with Crippen LogP contribution in [0.3, 0.4) is 0 Å². The van der Waals surface area contributed by atoms with E-state index in [4.69, 9.17) is 0 Å². The van der Waals surface area contributed by atoms with Crippen molar-refractivity contribution in [1.82, 2.24) is 5.32 Å². The van der Waals surface area contributed by atoms with Crippen LogP contribution in [0.15, 0.2) is 18.2 Å². The molecule has 1 saturated heterocycles. The average molecular weight is 249 g/mol. The van der Waals surface area contributed by atoms with E-state index in [2.05, 4.69) is 19.2 Å². The van der Waals surface area contributed by atoms with Gasteiger partial charge in [0.15, 0.2) is 0 Å². The van der Waals surface area contributed by atoms with Crippen LogP contribution in [0.2, 0.25) is 0 Å². The van der Waals surface area contributed by atoms with Crippen LogP contribution in [0, 0.1) is 18.7 Å². The van der Waals surface area contributed by atoms with Gasteiger partial charge in [-0.3, -0.25) is 4.79 Å². The molecule has 1 unspecified atom stereocenters. The Morgan fingerprint density at radius 3 is 2.67 bits per heavy atom. The van der Waals surface area contributed by atoms with Crippen molar-refractivity contribution in [1.29, 1.82) is 0 Å². The molecule has 0 bridgehead atoms. The lowest BCUT2D eigenvalue weighted by molar-refractivity contribution is -0.120. The summed E-state index contributed by atoms with van der Waals surface area (Å²) in [5.74, 6) is 0.278. The van der Waals surface area contributed by atoms with Crippen LogP contribution in [-0.4, -0.2) is 11.4 Å². The zero-order valence-electron chi connectivity index (χ0n) is 11.2. The Morgan fingerprint density at radius 1 is 1.44 bits per heavy atom. The number of carbonyl (C=O) groups excluding carboxylic acids is 1. The Morgan fingerprint density at radius 2 is 2.17 bits per heavy atom. The molecule has 0 aliphatic carbocycles. The predicted octanol–water partition coefficient (Wildman–Crippen LogP) is 2.98. The first kappa shape index (κ1) is 13.1. The molecule has 1 amide bonds. The molecule has 0 spiro atoms. The van der Waals surface area contributed by atoms with Gasteiger partial charge in [0, 0.05) is 12.0 Å². The van der Waals surface area contributed by atoms with Crippen molar-refractivity contribution < 1.29 is 9.18 Å². The van der Waals surface area contributed by atoms with Crippen molar-refractivity contribution in [3.63, 3.8) is 0 Å². The van der Waals surface area contributed by atoms with E-state index in [0.717, 1.165) is 12.0 Å². The molecule has 1 aliphatic heterocycles.